The minimum Gasteiger partial charge on any atom is -0.386 e. The average Bonchev–Trinajstić information content (AvgIpc) is 3.00. The maximum absolute atomic E-state index is 13.4. The lowest BCUT2D eigenvalue weighted by molar-refractivity contribution is -0.142. The molecule has 0 saturated carbocycles. The van der Waals surface area contributed by atoms with E-state index in [0.29, 0.717) is 25.0 Å². The molecular weight excluding hydrogens is 410 g/mol. The van der Waals surface area contributed by atoms with Crippen molar-refractivity contribution in [2.45, 2.75) is 38.0 Å². The molecule has 0 amide bonds. The zero-order valence-electron chi connectivity index (χ0n) is 14.3. The van der Waals surface area contributed by atoms with E-state index in [2.05, 4.69) is 10.1 Å². The third-order valence-electron chi connectivity index (χ3n) is 4.38. The van der Waals surface area contributed by atoms with E-state index in [9.17, 15) is 26.3 Å². The number of aromatic nitrogens is 2. The SMILES string of the molecule is NC(CCl)=Nc1cc(C(F)(F)F)ccc1-n1nc(C(F)(F)F)c2c1CCCC2. The van der Waals surface area contributed by atoms with E-state index in [1.165, 1.54) is 0 Å². The van der Waals surface area contributed by atoms with Crippen LogP contribution in [-0.4, -0.2) is 21.5 Å². The van der Waals surface area contributed by atoms with Crippen LogP contribution in [-0.2, 0) is 25.2 Å². The third-order valence-corrected chi connectivity index (χ3v) is 4.65. The first-order valence-electron chi connectivity index (χ1n) is 8.31. The number of benzene rings is 1. The molecule has 0 saturated heterocycles. The van der Waals surface area contributed by atoms with Gasteiger partial charge in [-0.1, -0.05) is 0 Å². The number of amidine groups is 1. The third kappa shape index (κ3) is 3.96. The summed E-state index contributed by atoms with van der Waals surface area (Å²) in [5.41, 5.74) is 3.64. The van der Waals surface area contributed by atoms with Crippen molar-refractivity contribution in [3.63, 3.8) is 0 Å². The molecule has 11 heteroatoms. The summed E-state index contributed by atoms with van der Waals surface area (Å²) in [5, 5.41) is 3.69. The van der Waals surface area contributed by atoms with Crippen molar-refractivity contribution in [1.82, 2.24) is 9.78 Å². The molecule has 0 spiro atoms. The number of nitrogens with zero attached hydrogens (tertiary/aromatic N) is 3. The summed E-state index contributed by atoms with van der Waals surface area (Å²) in [6, 6.07) is 2.54. The van der Waals surface area contributed by atoms with Crippen molar-refractivity contribution in [3.8, 4) is 5.69 Å². The van der Waals surface area contributed by atoms with E-state index in [-0.39, 0.29) is 35.1 Å². The number of hydrogen-bond acceptors (Lipinski definition) is 2. The predicted molar refractivity (Wildman–Crippen MR) is 92.2 cm³/mol. The van der Waals surface area contributed by atoms with Crippen molar-refractivity contribution < 1.29 is 26.3 Å². The number of fused-ring (bicyclic) bond motifs is 1. The normalized spacial score (nSPS) is 15.6. The van der Waals surface area contributed by atoms with Gasteiger partial charge in [0.2, 0.25) is 0 Å². The molecule has 0 unspecified atom stereocenters. The van der Waals surface area contributed by atoms with Crippen LogP contribution in [0.2, 0.25) is 0 Å². The fourth-order valence-corrected chi connectivity index (χ4v) is 3.24. The molecular formula is C17H15ClF6N4. The minimum absolute atomic E-state index is 0.0188. The van der Waals surface area contributed by atoms with Crippen LogP contribution in [0.4, 0.5) is 32.0 Å². The van der Waals surface area contributed by atoms with Crippen LogP contribution in [0.1, 0.15) is 35.4 Å². The van der Waals surface area contributed by atoms with Gasteiger partial charge in [-0.15, -0.1) is 11.6 Å². The lowest BCUT2D eigenvalue weighted by atomic mass is 9.95. The lowest BCUT2D eigenvalue weighted by Gasteiger charge is -2.16. The van der Waals surface area contributed by atoms with Gasteiger partial charge in [0.25, 0.3) is 0 Å². The van der Waals surface area contributed by atoms with Crippen molar-refractivity contribution in [1.29, 1.82) is 0 Å². The molecule has 0 atom stereocenters. The van der Waals surface area contributed by atoms with Gasteiger partial charge < -0.3 is 5.73 Å². The predicted octanol–water partition coefficient (Wildman–Crippen LogP) is 5.02. The number of nitrogens with two attached hydrogens (primary N) is 1. The van der Waals surface area contributed by atoms with Crippen LogP contribution in [0.5, 0.6) is 0 Å². The summed E-state index contributed by atoms with van der Waals surface area (Å²) < 4.78 is 80.5. The van der Waals surface area contributed by atoms with Crippen LogP contribution in [0.3, 0.4) is 0 Å². The minimum atomic E-state index is -4.67. The Morgan fingerprint density at radius 1 is 1.11 bits per heavy atom. The molecule has 2 N–H and O–H groups in total. The van der Waals surface area contributed by atoms with Gasteiger partial charge in [0.05, 0.1) is 22.8 Å². The zero-order valence-corrected chi connectivity index (χ0v) is 15.1. The summed E-state index contributed by atoms with van der Waals surface area (Å²) in [5.74, 6) is -0.417. The largest absolute Gasteiger partial charge is 0.435 e. The summed E-state index contributed by atoms with van der Waals surface area (Å²) in [7, 11) is 0. The quantitative estimate of drug-likeness (QED) is 0.326. The Hall–Kier alpha value is -2.23. The summed E-state index contributed by atoms with van der Waals surface area (Å²) in [6.45, 7) is 0. The highest BCUT2D eigenvalue weighted by atomic mass is 35.5. The molecule has 1 aliphatic carbocycles. The fourth-order valence-electron chi connectivity index (χ4n) is 3.18. The van der Waals surface area contributed by atoms with E-state index in [1.807, 2.05) is 0 Å². The van der Waals surface area contributed by atoms with E-state index >= 15 is 0 Å². The van der Waals surface area contributed by atoms with Gasteiger partial charge in [0.15, 0.2) is 5.69 Å². The number of alkyl halides is 7. The Kier molecular flexibility index (Phi) is 5.35. The van der Waals surface area contributed by atoms with Gasteiger partial charge >= 0.3 is 12.4 Å². The highest BCUT2D eigenvalue weighted by molar-refractivity contribution is 6.28. The Labute approximate surface area is 161 Å². The van der Waals surface area contributed by atoms with Gasteiger partial charge in [0, 0.05) is 11.3 Å². The average molecular weight is 425 g/mol. The second-order valence-electron chi connectivity index (χ2n) is 6.33. The molecule has 0 aliphatic heterocycles. The molecule has 1 aromatic heterocycles. The molecule has 0 bridgehead atoms. The van der Waals surface area contributed by atoms with Crippen LogP contribution in [0.15, 0.2) is 23.2 Å². The first-order valence-corrected chi connectivity index (χ1v) is 8.84. The molecule has 0 fully saturated rings. The van der Waals surface area contributed by atoms with Gasteiger partial charge in [-0.3, -0.25) is 0 Å². The van der Waals surface area contributed by atoms with E-state index in [4.69, 9.17) is 17.3 Å². The summed E-state index contributed by atoms with van der Waals surface area (Å²) >= 11 is 5.56. The first-order chi connectivity index (χ1) is 13.0. The second kappa shape index (κ2) is 7.31. The van der Waals surface area contributed by atoms with Crippen molar-refractivity contribution >= 4 is 23.1 Å². The van der Waals surface area contributed by atoms with E-state index < -0.39 is 23.6 Å². The monoisotopic (exact) mass is 424 g/mol. The maximum atomic E-state index is 13.4. The van der Waals surface area contributed by atoms with Crippen molar-refractivity contribution in [3.05, 3.63) is 40.7 Å². The van der Waals surface area contributed by atoms with Gasteiger partial charge in [-0.25, -0.2) is 9.67 Å². The number of hydrogen-bond donors (Lipinski definition) is 1. The number of rotatable bonds is 3. The number of aliphatic imine (C=N–C) groups is 1. The summed E-state index contributed by atoms with van der Waals surface area (Å²) in [6.07, 6.45) is -7.56. The van der Waals surface area contributed by atoms with Crippen LogP contribution in [0.25, 0.3) is 5.69 Å². The molecule has 28 heavy (non-hydrogen) atoms. The van der Waals surface area contributed by atoms with Crippen LogP contribution >= 0.6 is 11.6 Å². The molecule has 1 aromatic carbocycles. The van der Waals surface area contributed by atoms with Crippen LogP contribution < -0.4 is 5.73 Å². The van der Waals surface area contributed by atoms with Crippen molar-refractivity contribution in [2.75, 3.05) is 5.88 Å². The van der Waals surface area contributed by atoms with Crippen molar-refractivity contribution in [2.24, 2.45) is 10.7 Å². The van der Waals surface area contributed by atoms with Crippen LogP contribution in [0, 0.1) is 0 Å². The highest BCUT2D eigenvalue weighted by Crippen LogP contribution is 2.39. The molecule has 4 nitrogen and oxygen atoms in total. The Bertz CT molecular complexity index is 914. The van der Waals surface area contributed by atoms with Gasteiger partial charge in [0.1, 0.15) is 5.84 Å². The Morgan fingerprint density at radius 2 is 1.79 bits per heavy atom. The molecule has 2 aromatic rings. The number of halogens is 7. The molecule has 3 rings (SSSR count). The smallest absolute Gasteiger partial charge is 0.386 e. The molecule has 152 valence electrons. The topological polar surface area (TPSA) is 56.2 Å². The Morgan fingerprint density at radius 3 is 2.39 bits per heavy atom. The van der Waals surface area contributed by atoms with Gasteiger partial charge in [-0.05, 0) is 43.9 Å². The molecule has 0 radical (unpaired) electrons. The molecule has 1 aliphatic rings. The molecule has 1 heterocycles. The lowest BCUT2D eigenvalue weighted by Crippen LogP contribution is -2.14. The fraction of sp³-hybridized carbons (Fsp3) is 0.412. The summed E-state index contributed by atoms with van der Waals surface area (Å²) in [4.78, 5) is 3.87. The zero-order chi connectivity index (χ0) is 20.7. The highest BCUT2D eigenvalue weighted by Gasteiger charge is 2.40. The van der Waals surface area contributed by atoms with Gasteiger partial charge in [-0.2, -0.15) is 31.4 Å². The first kappa shape index (κ1) is 20.5. The Balaban J connectivity index is 2.25. The van der Waals surface area contributed by atoms with E-state index in [0.717, 1.165) is 22.9 Å². The van der Waals surface area contributed by atoms with E-state index in [1.54, 1.807) is 0 Å². The standard InChI is InChI=1S/C17H15ClF6N4/c18-8-14(25)26-11-7-9(16(19,20)21)5-6-13(11)28-12-4-2-1-3-10(12)15(27-28)17(22,23)24/h5-7H,1-4,8H2,(H2,25,26). The maximum Gasteiger partial charge on any atom is 0.435 e. The second-order valence-corrected chi connectivity index (χ2v) is 6.60.